The third kappa shape index (κ3) is 3.80. The average Bonchev–Trinajstić information content (AvgIpc) is 3.16. The second-order valence-electron chi connectivity index (χ2n) is 6.38. The molecule has 7 heteroatoms. The van der Waals surface area contributed by atoms with E-state index in [1.807, 2.05) is 49.4 Å². The van der Waals surface area contributed by atoms with Crippen LogP contribution in [0.2, 0.25) is 0 Å². The first-order valence-corrected chi connectivity index (χ1v) is 10.3. The number of nitrogens with zero attached hydrogens (tertiary/aromatic N) is 2. The van der Waals surface area contributed by atoms with Crippen LogP contribution < -0.4 is 4.74 Å². The molecule has 0 saturated heterocycles. The Hall–Kier alpha value is -2.64. The van der Waals surface area contributed by atoms with Gasteiger partial charge in [0.05, 0.1) is 18.4 Å². The Morgan fingerprint density at radius 2 is 1.93 bits per heavy atom. The summed E-state index contributed by atoms with van der Waals surface area (Å²) in [6, 6.07) is 15.2. The number of para-hydroxylation sites is 2. The van der Waals surface area contributed by atoms with Crippen LogP contribution in [0.15, 0.2) is 66.9 Å². The van der Waals surface area contributed by atoms with Crippen molar-refractivity contribution in [2.75, 3.05) is 7.11 Å². The maximum absolute atomic E-state index is 10.5. The largest absolute Gasteiger partial charge is 0.504 e. The van der Waals surface area contributed by atoms with Crippen molar-refractivity contribution in [2.24, 2.45) is 4.99 Å². The molecule has 1 heterocycles. The van der Waals surface area contributed by atoms with Crippen molar-refractivity contribution in [2.45, 2.75) is 6.92 Å². The van der Waals surface area contributed by atoms with Crippen molar-refractivity contribution in [3.63, 3.8) is 0 Å². The maximum atomic E-state index is 10.5. The SMILES string of the molecule is COc1cc(Br)c(Br)c(C=Nc2cc(-c3nc4ccccc4o3)ccc2C)c1O. The normalized spacial score (nSPS) is 11.4. The Morgan fingerprint density at radius 1 is 1.14 bits per heavy atom. The smallest absolute Gasteiger partial charge is 0.227 e. The highest BCUT2D eigenvalue weighted by Gasteiger charge is 2.15. The zero-order valence-electron chi connectivity index (χ0n) is 15.6. The Kier molecular flexibility index (Phi) is 5.43. The Bertz CT molecular complexity index is 1220. The van der Waals surface area contributed by atoms with E-state index in [9.17, 15) is 5.11 Å². The van der Waals surface area contributed by atoms with Crippen molar-refractivity contribution in [3.8, 4) is 23.0 Å². The number of halogens is 2. The van der Waals surface area contributed by atoms with E-state index in [1.54, 1.807) is 12.3 Å². The van der Waals surface area contributed by atoms with E-state index in [0.29, 0.717) is 21.7 Å². The predicted octanol–water partition coefficient (Wildman–Crippen LogP) is 6.79. The first kappa shape index (κ1) is 19.7. The van der Waals surface area contributed by atoms with Gasteiger partial charge in [-0.05, 0) is 74.7 Å². The molecule has 0 unspecified atom stereocenters. The highest BCUT2D eigenvalue weighted by Crippen LogP contribution is 2.40. The summed E-state index contributed by atoms with van der Waals surface area (Å²) in [4.78, 5) is 9.14. The fourth-order valence-electron chi connectivity index (χ4n) is 2.90. The molecule has 29 heavy (non-hydrogen) atoms. The number of aromatic nitrogens is 1. The molecule has 0 radical (unpaired) electrons. The zero-order chi connectivity index (χ0) is 20.5. The summed E-state index contributed by atoms with van der Waals surface area (Å²) in [7, 11) is 1.50. The van der Waals surface area contributed by atoms with E-state index in [-0.39, 0.29) is 5.75 Å². The van der Waals surface area contributed by atoms with Gasteiger partial charge in [0.25, 0.3) is 0 Å². The third-order valence-electron chi connectivity index (χ3n) is 4.50. The Labute approximate surface area is 184 Å². The molecule has 1 N–H and O–H groups in total. The Balaban J connectivity index is 1.75. The number of rotatable bonds is 4. The quantitative estimate of drug-likeness (QED) is 0.304. The summed E-state index contributed by atoms with van der Waals surface area (Å²) in [5.41, 5.74) is 4.62. The molecule has 0 aliphatic rings. The van der Waals surface area contributed by atoms with Gasteiger partial charge in [-0.2, -0.15) is 0 Å². The molecule has 146 valence electrons. The van der Waals surface area contributed by atoms with Gasteiger partial charge in [-0.25, -0.2) is 4.98 Å². The number of benzene rings is 3. The highest BCUT2D eigenvalue weighted by molar-refractivity contribution is 9.13. The van der Waals surface area contributed by atoms with Gasteiger partial charge < -0.3 is 14.3 Å². The van der Waals surface area contributed by atoms with Crippen LogP contribution in [0.3, 0.4) is 0 Å². The number of ether oxygens (including phenoxy) is 1. The molecule has 4 rings (SSSR count). The van der Waals surface area contributed by atoms with E-state index in [1.165, 1.54) is 7.11 Å². The molecule has 0 aliphatic carbocycles. The molecule has 0 fully saturated rings. The van der Waals surface area contributed by atoms with Crippen LogP contribution in [0.4, 0.5) is 5.69 Å². The topological polar surface area (TPSA) is 67.9 Å². The molecule has 3 aromatic carbocycles. The number of oxazole rings is 1. The average molecular weight is 516 g/mol. The van der Waals surface area contributed by atoms with Crippen LogP contribution in [0, 0.1) is 6.92 Å². The van der Waals surface area contributed by atoms with Gasteiger partial charge in [0.15, 0.2) is 17.1 Å². The van der Waals surface area contributed by atoms with Gasteiger partial charge in [0.1, 0.15) is 5.52 Å². The van der Waals surface area contributed by atoms with Crippen molar-refractivity contribution in [3.05, 3.63) is 68.6 Å². The first-order valence-electron chi connectivity index (χ1n) is 8.73. The van der Waals surface area contributed by atoms with E-state index in [0.717, 1.165) is 32.4 Å². The van der Waals surface area contributed by atoms with Crippen LogP contribution in [0.1, 0.15) is 11.1 Å². The van der Waals surface area contributed by atoms with E-state index >= 15 is 0 Å². The number of aliphatic imine (C=N–C) groups is 1. The predicted molar refractivity (Wildman–Crippen MR) is 121 cm³/mol. The lowest BCUT2D eigenvalue weighted by atomic mass is 10.1. The molecule has 0 saturated carbocycles. The number of methoxy groups -OCH3 is 1. The van der Waals surface area contributed by atoms with Gasteiger partial charge >= 0.3 is 0 Å². The standard InChI is InChI=1S/C22H16Br2N2O3/c1-12-7-8-13(22-26-16-5-3-4-6-18(16)29-22)9-17(12)25-11-14-20(24)15(23)10-19(28-2)21(14)27/h3-11,27H,1-2H3. The van der Waals surface area contributed by atoms with Gasteiger partial charge in [-0.15, -0.1) is 0 Å². The fourth-order valence-corrected chi connectivity index (χ4v) is 3.72. The van der Waals surface area contributed by atoms with Crippen molar-refractivity contribution < 1.29 is 14.3 Å². The van der Waals surface area contributed by atoms with Gasteiger partial charge in [0.2, 0.25) is 5.89 Å². The molecular formula is C22H16Br2N2O3. The number of aromatic hydroxyl groups is 1. The van der Waals surface area contributed by atoms with Crippen LogP contribution in [-0.2, 0) is 0 Å². The number of fused-ring (bicyclic) bond motifs is 1. The van der Waals surface area contributed by atoms with Crippen molar-refractivity contribution in [1.29, 1.82) is 0 Å². The van der Waals surface area contributed by atoms with Gasteiger partial charge in [0, 0.05) is 20.7 Å². The van der Waals surface area contributed by atoms with E-state index in [2.05, 4.69) is 41.8 Å². The summed E-state index contributed by atoms with van der Waals surface area (Å²) in [5.74, 6) is 0.911. The lowest BCUT2D eigenvalue weighted by molar-refractivity contribution is 0.372. The second-order valence-corrected chi connectivity index (χ2v) is 8.03. The van der Waals surface area contributed by atoms with Crippen molar-refractivity contribution in [1.82, 2.24) is 4.98 Å². The van der Waals surface area contributed by atoms with Crippen LogP contribution >= 0.6 is 31.9 Å². The minimum atomic E-state index is 0.0130. The van der Waals surface area contributed by atoms with E-state index < -0.39 is 0 Å². The number of hydrogen-bond donors (Lipinski definition) is 1. The minimum Gasteiger partial charge on any atom is -0.504 e. The molecule has 1 aromatic heterocycles. The summed E-state index contributed by atoms with van der Waals surface area (Å²) in [6.07, 6.45) is 1.60. The molecule has 0 spiro atoms. The molecule has 0 atom stereocenters. The minimum absolute atomic E-state index is 0.0130. The number of hydrogen-bond acceptors (Lipinski definition) is 5. The molecule has 4 aromatic rings. The van der Waals surface area contributed by atoms with Crippen LogP contribution in [-0.4, -0.2) is 23.4 Å². The van der Waals surface area contributed by atoms with Gasteiger partial charge in [-0.1, -0.05) is 18.2 Å². The highest BCUT2D eigenvalue weighted by atomic mass is 79.9. The molecule has 0 aliphatic heterocycles. The molecule has 5 nitrogen and oxygen atoms in total. The second kappa shape index (κ2) is 8.00. The lowest BCUT2D eigenvalue weighted by Gasteiger charge is -2.10. The summed E-state index contributed by atoms with van der Waals surface area (Å²) >= 11 is 6.93. The Morgan fingerprint density at radius 3 is 2.69 bits per heavy atom. The summed E-state index contributed by atoms with van der Waals surface area (Å²) in [5, 5.41) is 10.5. The summed E-state index contributed by atoms with van der Waals surface area (Å²) in [6.45, 7) is 1.97. The number of aryl methyl sites for hydroxylation is 1. The van der Waals surface area contributed by atoms with Crippen LogP contribution in [0.25, 0.3) is 22.6 Å². The van der Waals surface area contributed by atoms with Crippen molar-refractivity contribution >= 4 is 54.9 Å². The lowest BCUT2D eigenvalue weighted by Crippen LogP contribution is -1.92. The summed E-state index contributed by atoms with van der Waals surface area (Å²) < 4.78 is 12.5. The third-order valence-corrected chi connectivity index (χ3v) is 6.51. The number of phenolic OH excluding ortho intramolecular Hbond substituents is 1. The molecule has 0 amide bonds. The number of phenols is 1. The molecular weight excluding hydrogens is 500 g/mol. The van der Waals surface area contributed by atoms with Gasteiger partial charge in [-0.3, -0.25) is 4.99 Å². The van der Waals surface area contributed by atoms with Crippen LogP contribution in [0.5, 0.6) is 11.5 Å². The monoisotopic (exact) mass is 514 g/mol. The zero-order valence-corrected chi connectivity index (χ0v) is 18.8. The maximum Gasteiger partial charge on any atom is 0.227 e. The first-order chi connectivity index (χ1) is 14.0. The fraction of sp³-hybridized carbons (Fsp3) is 0.0909. The van der Waals surface area contributed by atoms with E-state index in [4.69, 9.17) is 9.15 Å². The molecule has 0 bridgehead atoms.